The highest BCUT2D eigenvalue weighted by atomic mass is 16.6. The minimum absolute atomic E-state index is 0.0429. The molecular formula is C16H24N2O3. The zero-order valence-electron chi connectivity index (χ0n) is 13.1. The Hall–Kier alpha value is -1.70. The third-order valence-corrected chi connectivity index (χ3v) is 3.95. The van der Waals surface area contributed by atoms with Gasteiger partial charge in [0.15, 0.2) is 0 Å². The van der Waals surface area contributed by atoms with E-state index in [4.69, 9.17) is 11.2 Å². The number of piperidine rings is 1. The monoisotopic (exact) mass is 292 g/mol. The minimum Gasteiger partial charge on any atom is -0.444 e. The summed E-state index contributed by atoms with van der Waals surface area (Å²) in [7, 11) is 0. The molecule has 2 aliphatic rings. The van der Waals surface area contributed by atoms with Gasteiger partial charge in [-0.15, -0.1) is 12.3 Å². The molecule has 5 nitrogen and oxygen atoms in total. The van der Waals surface area contributed by atoms with E-state index in [0.29, 0.717) is 26.1 Å². The molecule has 2 saturated heterocycles. The van der Waals surface area contributed by atoms with Gasteiger partial charge in [0.1, 0.15) is 5.60 Å². The van der Waals surface area contributed by atoms with Crippen molar-refractivity contribution in [1.29, 1.82) is 0 Å². The summed E-state index contributed by atoms with van der Waals surface area (Å²) in [6, 6.07) is 0.203. The standard InChI is InChI=1S/C16H24N2O3/c1-5-12-10-14(19)18(11-12)13-6-8-17(9-7-13)15(20)21-16(2,3)4/h1,12-13H,6-11H2,2-4H3. The fourth-order valence-electron chi connectivity index (χ4n) is 2.88. The van der Waals surface area contributed by atoms with Crippen LogP contribution in [0.25, 0.3) is 0 Å². The van der Waals surface area contributed by atoms with E-state index in [9.17, 15) is 9.59 Å². The highest BCUT2D eigenvalue weighted by molar-refractivity contribution is 5.79. The number of amides is 2. The molecule has 0 aromatic carbocycles. The zero-order valence-corrected chi connectivity index (χ0v) is 13.1. The van der Waals surface area contributed by atoms with Crippen molar-refractivity contribution in [2.45, 2.75) is 51.7 Å². The van der Waals surface area contributed by atoms with E-state index in [0.717, 1.165) is 12.8 Å². The van der Waals surface area contributed by atoms with Gasteiger partial charge >= 0.3 is 6.09 Å². The molecule has 0 bridgehead atoms. The fraction of sp³-hybridized carbons (Fsp3) is 0.750. The lowest BCUT2D eigenvalue weighted by Gasteiger charge is -2.37. The van der Waals surface area contributed by atoms with Crippen molar-refractivity contribution < 1.29 is 14.3 Å². The molecule has 2 aliphatic heterocycles. The molecule has 1 atom stereocenters. The summed E-state index contributed by atoms with van der Waals surface area (Å²) in [6.45, 7) is 7.50. The van der Waals surface area contributed by atoms with Gasteiger partial charge in [-0.2, -0.15) is 0 Å². The summed E-state index contributed by atoms with van der Waals surface area (Å²) in [5.41, 5.74) is -0.473. The Bertz CT molecular complexity index is 453. The summed E-state index contributed by atoms with van der Waals surface area (Å²) in [5.74, 6) is 2.86. The SMILES string of the molecule is C#CC1CC(=O)N(C2CCN(C(=O)OC(C)(C)C)CC2)C1. The summed E-state index contributed by atoms with van der Waals surface area (Å²) in [5, 5.41) is 0. The Balaban J connectivity index is 1.85. The van der Waals surface area contributed by atoms with Crippen molar-refractivity contribution in [3.8, 4) is 12.3 Å². The maximum absolute atomic E-state index is 12.0. The molecule has 0 aromatic heterocycles. The quantitative estimate of drug-likeness (QED) is 0.693. The van der Waals surface area contributed by atoms with Crippen molar-refractivity contribution in [2.75, 3.05) is 19.6 Å². The van der Waals surface area contributed by atoms with Crippen molar-refractivity contribution in [2.24, 2.45) is 5.92 Å². The largest absolute Gasteiger partial charge is 0.444 e. The molecule has 116 valence electrons. The predicted molar refractivity (Wildman–Crippen MR) is 79.5 cm³/mol. The molecule has 2 fully saturated rings. The second kappa shape index (κ2) is 5.97. The van der Waals surface area contributed by atoms with Gasteiger partial charge in [-0.05, 0) is 33.6 Å². The number of rotatable bonds is 1. The zero-order chi connectivity index (χ0) is 15.6. The number of carbonyl (C=O) groups is 2. The second-order valence-corrected chi connectivity index (χ2v) is 6.81. The van der Waals surface area contributed by atoms with E-state index in [1.807, 2.05) is 25.7 Å². The van der Waals surface area contributed by atoms with E-state index in [-0.39, 0.29) is 24.0 Å². The molecule has 21 heavy (non-hydrogen) atoms. The number of ether oxygens (including phenoxy) is 1. The Labute approximate surface area is 126 Å². The van der Waals surface area contributed by atoms with E-state index < -0.39 is 5.60 Å². The van der Waals surface area contributed by atoms with Crippen LogP contribution < -0.4 is 0 Å². The lowest BCUT2D eigenvalue weighted by molar-refractivity contribution is -0.130. The molecule has 1 unspecified atom stereocenters. The van der Waals surface area contributed by atoms with Crippen LogP contribution in [0.2, 0.25) is 0 Å². The van der Waals surface area contributed by atoms with Gasteiger partial charge < -0.3 is 14.5 Å². The molecule has 2 rings (SSSR count). The molecule has 0 N–H and O–H groups in total. The third kappa shape index (κ3) is 3.90. The Morgan fingerprint density at radius 1 is 1.33 bits per heavy atom. The van der Waals surface area contributed by atoms with Crippen LogP contribution in [-0.2, 0) is 9.53 Å². The van der Waals surface area contributed by atoms with Crippen LogP contribution in [0.4, 0.5) is 4.79 Å². The van der Waals surface area contributed by atoms with Gasteiger partial charge in [0.05, 0.1) is 0 Å². The first kappa shape index (κ1) is 15.7. The van der Waals surface area contributed by atoms with Crippen LogP contribution in [0.3, 0.4) is 0 Å². The first-order valence-corrected chi connectivity index (χ1v) is 7.53. The number of hydrogen-bond donors (Lipinski definition) is 0. The van der Waals surface area contributed by atoms with Crippen LogP contribution >= 0.6 is 0 Å². The third-order valence-electron chi connectivity index (χ3n) is 3.95. The van der Waals surface area contributed by atoms with E-state index in [2.05, 4.69) is 5.92 Å². The molecule has 0 aliphatic carbocycles. The first-order chi connectivity index (χ1) is 9.80. The number of nitrogens with zero attached hydrogens (tertiary/aromatic N) is 2. The maximum Gasteiger partial charge on any atom is 0.410 e. The average molecular weight is 292 g/mol. The highest BCUT2D eigenvalue weighted by Gasteiger charge is 2.36. The van der Waals surface area contributed by atoms with Crippen LogP contribution in [0, 0.1) is 18.3 Å². The smallest absolute Gasteiger partial charge is 0.410 e. The first-order valence-electron chi connectivity index (χ1n) is 7.53. The van der Waals surface area contributed by atoms with Crippen LogP contribution in [0.5, 0.6) is 0 Å². The predicted octanol–water partition coefficient (Wildman–Crippen LogP) is 1.87. The summed E-state index contributed by atoms with van der Waals surface area (Å²) in [6.07, 6.45) is 7.19. The average Bonchev–Trinajstić information content (AvgIpc) is 2.78. The van der Waals surface area contributed by atoms with Crippen molar-refractivity contribution in [1.82, 2.24) is 9.80 Å². The molecule has 0 aromatic rings. The number of hydrogen-bond acceptors (Lipinski definition) is 3. The molecule has 0 radical (unpaired) electrons. The van der Waals surface area contributed by atoms with Crippen molar-refractivity contribution in [3.05, 3.63) is 0 Å². The molecule has 5 heteroatoms. The lowest BCUT2D eigenvalue weighted by Crippen LogP contribution is -2.48. The van der Waals surface area contributed by atoms with Gasteiger partial charge in [-0.3, -0.25) is 4.79 Å². The van der Waals surface area contributed by atoms with Crippen LogP contribution in [-0.4, -0.2) is 53.1 Å². The number of terminal acetylenes is 1. The van der Waals surface area contributed by atoms with E-state index in [1.54, 1.807) is 4.90 Å². The van der Waals surface area contributed by atoms with Crippen LogP contribution in [0.1, 0.15) is 40.0 Å². The number of likely N-dealkylation sites (tertiary alicyclic amines) is 2. The molecule has 2 heterocycles. The van der Waals surface area contributed by atoms with Crippen molar-refractivity contribution >= 4 is 12.0 Å². The van der Waals surface area contributed by atoms with E-state index in [1.165, 1.54) is 0 Å². The maximum atomic E-state index is 12.0. The van der Waals surface area contributed by atoms with Gasteiger partial charge in [0.2, 0.25) is 5.91 Å². The highest BCUT2D eigenvalue weighted by Crippen LogP contribution is 2.25. The van der Waals surface area contributed by atoms with Gasteiger partial charge in [0.25, 0.3) is 0 Å². The number of carbonyl (C=O) groups excluding carboxylic acids is 2. The summed E-state index contributed by atoms with van der Waals surface area (Å²) >= 11 is 0. The second-order valence-electron chi connectivity index (χ2n) is 6.81. The van der Waals surface area contributed by atoms with Gasteiger partial charge in [0, 0.05) is 38.0 Å². The molecule has 0 saturated carbocycles. The topological polar surface area (TPSA) is 49.9 Å². The van der Waals surface area contributed by atoms with Gasteiger partial charge in [-0.25, -0.2) is 4.79 Å². The molecule has 2 amide bonds. The molecular weight excluding hydrogens is 268 g/mol. The van der Waals surface area contributed by atoms with Crippen LogP contribution in [0.15, 0.2) is 0 Å². The lowest BCUT2D eigenvalue weighted by atomic mass is 10.0. The van der Waals surface area contributed by atoms with Gasteiger partial charge in [-0.1, -0.05) is 0 Å². The Morgan fingerprint density at radius 3 is 2.43 bits per heavy atom. The fourth-order valence-corrected chi connectivity index (χ4v) is 2.88. The normalized spacial score (nSPS) is 24.1. The summed E-state index contributed by atoms with van der Waals surface area (Å²) < 4.78 is 5.37. The minimum atomic E-state index is -0.473. The summed E-state index contributed by atoms with van der Waals surface area (Å²) in [4.78, 5) is 27.6. The van der Waals surface area contributed by atoms with E-state index >= 15 is 0 Å². The van der Waals surface area contributed by atoms with Crippen molar-refractivity contribution in [3.63, 3.8) is 0 Å². The molecule has 0 spiro atoms. The Morgan fingerprint density at radius 2 is 1.95 bits per heavy atom. The Kier molecular flexibility index (Phi) is 4.46.